The molecular formula is C14H14F2N4O. The molecule has 1 heterocycles. The molecule has 110 valence electrons. The summed E-state index contributed by atoms with van der Waals surface area (Å²) in [5.74, 6) is -2.13. The van der Waals surface area contributed by atoms with Gasteiger partial charge in [0.25, 0.3) is 5.91 Å². The van der Waals surface area contributed by atoms with Gasteiger partial charge < -0.3 is 10.6 Å². The molecule has 7 heteroatoms. The van der Waals surface area contributed by atoms with Crippen LogP contribution in [0.3, 0.4) is 0 Å². The molecular weight excluding hydrogens is 278 g/mol. The number of nitrogens with one attached hydrogen (secondary N) is 2. The monoisotopic (exact) mass is 292 g/mol. The summed E-state index contributed by atoms with van der Waals surface area (Å²) in [5.41, 5.74) is 0.471. The maximum absolute atomic E-state index is 13.1. The number of benzene rings is 1. The highest BCUT2D eigenvalue weighted by Gasteiger charge is 2.10. The molecule has 0 saturated carbocycles. The number of aromatic nitrogens is 2. The van der Waals surface area contributed by atoms with E-state index in [1.54, 1.807) is 0 Å². The molecule has 0 atom stereocenters. The van der Waals surface area contributed by atoms with Crippen LogP contribution in [0.5, 0.6) is 0 Å². The van der Waals surface area contributed by atoms with Crippen molar-refractivity contribution in [1.82, 2.24) is 15.3 Å². The van der Waals surface area contributed by atoms with Crippen LogP contribution in [-0.4, -0.2) is 21.9 Å². The van der Waals surface area contributed by atoms with E-state index in [2.05, 4.69) is 20.6 Å². The van der Waals surface area contributed by atoms with Crippen molar-refractivity contribution >= 4 is 17.5 Å². The zero-order valence-electron chi connectivity index (χ0n) is 11.5. The molecule has 1 aromatic heterocycles. The van der Waals surface area contributed by atoms with Gasteiger partial charge in [-0.15, -0.1) is 0 Å². The molecule has 0 aliphatic rings. The number of anilines is 2. The molecule has 1 amide bonds. The van der Waals surface area contributed by atoms with Crippen LogP contribution in [0.25, 0.3) is 0 Å². The van der Waals surface area contributed by atoms with Crippen molar-refractivity contribution in [2.45, 2.75) is 19.9 Å². The zero-order chi connectivity index (χ0) is 15.4. The average Bonchev–Trinajstić information content (AvgIpc) is 2.42. The Morgan fingerprint density at radius 1 is 1.19 bits per heavy atom. The van der Waals surface area contributed by atoms with Crippen LogP contribution >= 0.6 is 0 Å². The van der Waals surface area contributed by atoms with E-state index in [-0.39, 0.29) is 29.3 Å². The topological polar surface area (TPSA) is 66.9 Å². The van der Waals surface area contributed by atoms with Crippen molar-refractivity contribution < 1.29 is 13.6 Å². The summed E-state index contributed by atoms with van der Waals surface area (Å²) in [4.78, 5) is 19.8. The van der Waals surface area contributed by atoms with Crippen molar-refractivity contribution in [1.29, 1.82) is 0 Å². The van der Waals surface area contributed by atoms with Gasteiger partial charge in [0.2, 0.25) is 5.95 Å². The van der Waals surface area contributed by atoms with Crippen LogP contribution in [0.15, 0.2) is 30.5 Å². The van der Waals surface area contributed by atoms with E-state index in [0.717, 1.165) is 12.1 Å². The predicted molar refractivity (Wildman–Crippen MR) is 74.3 cm³/mol. The lowest BCUT2D eigenvalue weighted by molar-refractivity contribution is 0.0938. The summed E-state index contributed by atoms with van der Waals surface area (Å²) in [5, 5.41) is 5.41. The van der Waals surface area contributed by atoms with Gasteiger partial charge in [-0.25, -0.2) is 18.7 Å². The minimum absolute atomic E-state index is 0.0185. The molecule has 0 fully saturated rings. The maximum atomic E-state index is 13.1. The summed E-state index contributed by atoms with van der Waals surface area (Å²) in [6.45, 7) is 3.67. The zero-order valence-corrected chi connectivity index (χ0v) is 11.5. The third kappa shape index (κ3) is 3.95. The fraction of sp³-hybridized carbons (Fsp3) is 0.214. The Bertz CT molecular complexity index is 661. The van der Waals surface area contributed by atoms with Crippen LogP contribution < -0.4 is 10.6 Å². The summed E-state index contributed by atoms with van der Waals surface area (Å²) in [7, 11) is 0. The molecule has 1 aromatic carbocycles. The highest BCUT2D eigenvalue weighted by Crippen LogP contribution is 2.16. The first-order valence-corrected chi connectivity index (χ1v) is 6.31. The Morgan fingerprint density at radius 3 is 2.62 bits per heavy atom. The first kappa shape index (κ1) is 14.8. The molecule has 2 N–H and O–H groups in total. The standard InChI is InChI=1S/C14H14F2N4O/c1-8(2)18-13(21)12-5-6-17-14(20-12)19-9-3-4-10(15)11(16)7-9/h3-8H,1-2H3,(H,18,21)(H,17,19,20). The van der Waals surface area contributed by atoms with Crippen LogP contribution in [-0.2, 0) is 0 Å². The molecule has 5 nitrogen and oxygen atoms in total. The smallest absolute Gasteiger partial charge is 0.270 e. The number of hydrogen-bond donors (Lipinski definition) is 2. The van der Waals surface area contributed by atoms with Gasteiger partial charge in [0.1, 0.15) is 5.69 Å². The lowest BCUT2D eigenvalue weighted by atomic mass is 10.3. The first-order valence-electron chi connectivity index (χ1n) is 6.31. The van der Waals surface area contributed by atoms with E-state index in [9.17, 15) is 13.6 Å². The number of rotatable bonds is 4. The average molecular weight is 292 g/mol. The highest BCUT2D eigenvalue weighted by atomic mass is 19.2. The fourth-order valence-electron chi connectivity index (χ4n) is 1.58. The number of amides is 1. The molecule has 0 spiro atoms. The van der Waals surface area contributed by atoms with E-state index in [1.807, 2.05) is 13.8 Å². The largest absolute Gasteiger partial charge is 0.349 e. The van der Waals surface area contributed by atoms with E-state index in [4.69, 9.17) is 0 Å². The third-order valence-corrected chi connectivity index (χ3v) is 2.48. The lowest BCUT2D eigenvalue weighted by Crippen LogP contribution is -2.30. The SMILES string of the molecule is CC(C)NC(=O)c1ccnc(Nc2ccc(F)c(F)c2)n1. The number of carbonyl (C=O) groups excluding carboxylic acids is 1. The van der Waals surface area contributed by atoms with E-state index < -0.39 is 11.6 Å². The van der Waals surface area contributed by atoms with Crippen LogP contribution in [0.2, 0.25) is 0 Å². The Hall–Kier alpha value is -2.57. The van der Waals surface area contributed by atoms with Gasteiger partial charge in [-0.3, -0.25) is 4.79 Å². The quantitative estimate of drug-likeness (QED) is 0.909. The number of halogens is 2. The van der Waals surface area contributed by atoms with Crippen molar-refractivity contribution in [2.75, 3.05) is 5.32 Å². The van der Waals surface area contributed by atoms with Gasteiger partial charge in [-0.2, -0.15) is 0 Å². The Balaban J connectivity index is 2.17. The van der Waals surface area contributed by atoms with Gasteiger partial charge in [0, 0.05) is 24.0 Å². The van der Waals surface area contributed by atoms with E-state index in [1.165, 1.54) is 18.3 Å². The minimum atomic E-state index is -0.978. The second-order valence-corrected chi connectivity index (χ2v) is 4.65. The van der Waals surface area contributed by atoms with Crippen molar-refractivity contribution in [3.8, 4) is 0 Å². The van der Waals surface area contributed by atoms with Gasteiger partial charge in [0.15, 0.2) is 11.6 Å². The van der Waals surface area contributed by atoms with Gasteiger partial charge in [0.05, 0.1) is 0 Å². The van der Waals surface area contributed by atoms with Gasteiger partial charge in [-0.05, 0) is 32.0 Å². The third-order valence-electron chi connectivity index (χ3n) is 2.48. The Morgan fingerprint density at radius 2 is 1.95 bits per heavy atom. The minimum Gasteiger partial charge on any atom is -0.349 e. The first-order chi connectivity index (χ1) is 9.95. The second-order valence-electron chi connectivity index (χ2n) is 4.65. The lowest BCUT2D eigenvalue weighted by Gasteiger charge is -2.09. The molecule has 2 rings (SSSR count). The number of hydrogen-bond acceptors (Lipinski definition) is 4. The van der Waals surface area contributed by atoms with Crippen molar-refractivity contribution in [3.05, 3.63) is 47.8 Å². The number of nitrogens with zero attached hydrogens (tertiary/aromatic N) is 2. The summed E-state index contributed by atoms with van der Waals surface area (Å²) < 4.78 is 26.0. The molecule has 21 heavy (non-hydrogen) atoms. The molecule has 0 aliphatic carbocycles. The molecule has 0 aliphatic heterocycles. The maximum Gasteiger partial charge on any atom is 0.270 e. The molecule has 0 saturated heterocycles. The highest BCUT2D eigenvalue weighted by molar-refractivity contribution is 5.92. The summed E-state index contributed by atoms with van der Waals surface area (Å²) >= 11 is 0. The molecule has 0 bridgehead atoms. The van der Waals surface area contributed by atoms with E-state index >= 15 is 0 Å². The van der Waals surface area contributed by atoms with Gasteiger partial charge >= 0.3 is 0 Å². The molecule has 2 aromatic rings. The predicted octanol–water partition coefficient (Wildman–Crippen LogP) is 2.64. The Kier molecular flexibility index (Phi) is 4.42. The Labute approximate surface area is 120 Å². The van der Waals surface area contributed by atoms with Gasteiger partial charge in [-0.1, -0.05) is 0 Å². The normalized spacial score (nSPS) is 10.5. The van der Waals surface area contributed by atoms with Crippen LogP contribution in [0, 0.1) is 11.6 Å². The van der Waals surface area contributed by atoms with Crippen molar-refractivity contribution in [2.24, 2.45) is 0 Å². The summed E-state index contributed by atoms with van der Waals surface area (Å²) in [6.07, 6.45) is 1.41. The van der Waals surface area contributed by atoms with Crippen LogP contribution in [0.1, 0.15) is 24.3 Å². The molecule has 0 unspecified atom stereocenters. The summed E-state index contributed by atoms with van der Waals surface area (Å²) in [6, 6.07) is 4.78. The fourth-order valence-corrected chi connectivity index (χ4v) is 1.58. The van der Waals surface area contributed by atoms with E-state index in [0.29, 0.717) is 0 Å². The molecule has 0 radical (unpaired) electrons. The second kappa shape index (κ2) is 6.25. The van der Waals surface area contributed by atoms with Crippen LogP contribution in [0.4, 0.5) is 20.4 Å². The van der Waals surface area contributed by atoms with Crippen molar-refractivity contribution in [3.63, 3.8) is 0 Å². The number of carbonyl (C=O) groups is 1.